The Balaban J connectivity index is 1.66. The Morgan fingerprint density at radius 1 is 1.37 bits per heavy atom. The molecule has 1 fully saturated rings. The molecule has 0 radical (unpaired) electrons. The minimum Gasteiger partial charge on any atom is -0.465 e. The SMILES string of the molecule is COC(=O)c1ccc(-c2noc(CN(CC3CCC(=O)N3)C(C)C)n2)cc1. The lowest BCUT2D eigenvalue weighted by molar-refractivity contribution is -0.119. The van der Waals surface area contributed by atoms with Gasteiger partial charge in [-0.3, -0.25) is 9.69 Å². The van der Waals surface area contributed by atoms with Crippen LogP contribution in [0.25, 0.3) is 11.4 Å². The van der Waals surface area contributed by atoms with Crippen LogP contribution in [-0.4, -0.2) is 52.7 Å². The van der Waals surface area contributed by atoms with E-state index >= 15 is 0 Å². The van der Waals surface area contributed by atoms with E-state index in [0.29, 0.717) is 30.2 Å². The molecular formula is C19H24N4O4. The molecule has 8 nitrogen and oxygen atoms in total. The summed E-state index contributed by atoms with van der Waals surface area (Å²) in [7, 11) is 1.35. The van der Waals surface area contributed by atoms with Crippen LogP contribution in [0.15, 0.2) is 28.8 Å². The zero-order valence-electron chi connectivity index (χ0n) is 15.8. The molecule has 0 bridgehead atoms. The number of ether oxygens (including phenoxy) is 1. The van der Waals surface area contributed by atoms with Crippen LogP contribution in [0.2, 0.25) is 0 Å². The van der Waals surface area contributed by atoms with E-state index in [9.17, 15) is 9.59 Å². The van der Waals surface area contributed by atoms with Crippen molar-refractivity contribution in [2.45, 2.75) is 45.3 Å². The van der Waals surface area contributed by atoms with Gasteiger partial charge in [-0.2, -0.15) is 4.98 Å². The van der Waals surface area contributed by atoms with Crippen LogP contribution in [0.3, 0.4) is 0 Å². The Bertz CT molecular complexity index is 800. The summed E-state index contributed by atoms with van der Waals surface area (Å²) in [5.74, 6) is 0.709. The number of carbonyl (C=O) groups excluding carboxylic acids is 2. The molecule has 2 aromatic rings. The Morgan fingerprint density at radius 3 is 2.70 bits per heavy atom. The molecule has 1 N–H and O–H groups in total. The van der Waals surface area contributed by atoms with Gasteiger partial charge in [-0.25, -0.2) is 4.79 Å². The van der Waals surface area contributed by atoms with Crippen LogP contribution in [0, 0.1) is 0 Å². The molecule has 0 spiro atoms. The van der Waals surface area contributed by atoms with Crippen LogP contribution in [0.5, 0.6) is 0 Å². The summed E-state index contributed by atoms with van der Waals surface area (Å²) >= 11 is 0. The van der Waals surface area contributed by atoms with Crippen molar-refractivity contribution in [3.63, 3.8) is 0 Å². The van der Waals surface area contributed by atoms with Gasteiger partial charge in [-0.1, -0.05) is 17.3 Å². The van der Waals surface area contributed by atoms with Gasteiger partial charge in [0.15, 0.2) is 0 Å². The lowest BCUT2D eigenvalue weighted by atomic mass is 10.1. The number of amides is 1. The highest BCUT2D eigenvalue weighted by Gasteiger charge is 2.25. The lowest BCUT2D eigenvalue weighted by Crippen LogP contribution is -2.41. The smallest absolute Gasteiger partial charge is 0.337 e. The monoisotopic (exact) mass is 372 g/mol. The van der Waals surface area contributed by atoms with E-state index in [1.54, 1.807) is 24.3 Å². The number of nitrogens with zero attached hydrogens (tertiary/aromatic N) is 3. The van der Waals surface area contributed by atoms with E-state index in [2.05, 4.69) is 34.2 Å². The molecule has 1 aliphatic rings. The number of rotatable bonds is 7. The third-order valence-electron chi connectivity index (χ3n) is 4.64. The minimum absolute atomic E-state index is 0.110. The van der Waals surface area contributed by atoms with Crippen molar-refractivity contribution in [3.8, 4) is 11.4 Å². The number of methoxy groups -OCH3 is 1. The molecule has 1 saturated heterocycles. The molecule has 0 aliphatic carbocycles. The first-order valence-electron chi connectivity index (χ1n) is 9.01. The van der Waals surface area contributed by atoms with E-state index in [0.717, 1.165) is 18.5 Å². The summed E-state index contributed by atoms with van der Waals surface area (Å²) in [6.07, 6.45) is 1.44. The average molecular weight is 372 g/mol. The van der Waals surface area contributed by atoms with Crippen LogP contribution in [0.1, 0.15) is 42.9 Å². The normalized spacial score (nSPS) is 16.8. The fourth-order valence-electron chi connectivity index (χ4n) is 3.04. The molecule has 144 valence electrons. The van der Waals surface area contributed by atoms with Crippen molar-refractivity contribution in [3.05, 3.63) is 35.7 Å². The second-order valence-electron chi connectivity index (χ2n) is 6.91. The molecule has 3 rings (SSSR count). The van der Waals surface area contributed by atoms with Crippen LogP contribution >= 0.6 is 0 Å². The summed E-state index contributed by atoms with van der Waals surface area (Å²) < 4.78 is 10.1. The number of benzene rings is 1. The second-order valence-corrected chi connectivity index (χ2v) is 6.91. The third-order valence-corrected chi connectivity index (χ3v) is 4.64. The van der Waals surface area contributed by atoms with Crippen LogP contribution in [0.4, 0.5) is 0 Å². The van der Waals surface area contributed by atoms with E-state index in [-0.39, 0.29) is 24.0 Å². The van der Waals surface area contributed by atoms with E-state index in [1.165, 1.54) is 7.11 Å². The first-order valence-corrected chi connectivity index (χ1v) is 9.01. The van der Waals surface area contributed by atoms with E-state index in [4.69, 9.17) is 9.26 Å². The highest BCUT2D eigenvalue weighted by molar-refractivity contribution is 5.89. The molecule has 1 amide bonds. The number of hydrogen-bond acceptors (Lipinski definition) is 7. The van der Waals surface area contributed by atoms with Crippen molar-refractivity contribution in [1.82, 2.24) is 20.4 Å². The van der Waals surface area contributed by atoms with Crippen molar-refractivity contribution >= 4 is 11.9 Å². The molecular weight excluding hydrogens is 348 g/mol. The molecule has 8 heteroatoms. The summed E-state index contributed by atoms with van der Waals surface area (Å²) in [6.45, 7) is 5.45. The highest BCUT2D eigenvalue weighted by atomic mass is 16.5. The summed E-state index contributed by atoms with van der Waals surface area (Å²) in [5.41, 5.74) is 1.23. The number of carbonyl (C=O) groups is 2. The molecule has 2 heterocycles. The van der Waals surface area contributed by atoms with E-state index < -0.39 is 0 Å². The summed E-state index contributed by atoms with van der Waals surface area (Å²) in [6, 6.07) is 7.29. The fourth-order valence-corrected chi connectivity index (χ4v) is 3.04. The first-order chi connectivity index (χ1) is 13.0. The second kappa shape index (κ2) is 8.30. The fraction of sp³-hybridized carbons (Fsp3) is 0.474. The summed E-state index contributed by atoms with van der Waals surface area (Å²) in [4.78, 5) is 29.6. The number of aromatic nitrogens is 2. The van der Waals surface area contributed by atoms with Crippen LogP contribution < -0.4 is 5.32 Å². The van der Waals surface area contributed by atoms with Gasteiger partial charge >= 0.3 is 5.97 Å². The maximum absolute atomic E-state index is 11.5. The molecule has 1 aromatic heterocycles. The van der Waals surface area contributed by atoms with Gasteiger partial charge < -0.3 is 14.6 Å². The Labute approximate surface area is 157 Å². The minimum atomic E-state index is -0.387. The quantitative estimate of drug-likeness (QED) is 0.743. The molecule has 0 saturated carbocycles. The number of esters is 1. The van der Waals surface area contributed by atoms with Crippen molar-refractivity contribution < 1.29 is 18.8 Å². The molecule has 1 atom stereocenters. The van der Waals surface area contributed by atoms with Crippen LogP contribution in [-0.2, 0) is 16.1 Å². The highest BCUT2D eigenvalue weighted by Crippen LogP contribution is 2.19. The summed E-state index contributed by atoms with van der Waals surface area (Å²) in [5, 5.41) is 7.03. The van der Waals surface area contributed by atoms with Crippen molar-refractivity contribution in [2.75, 3.05) is 13.7 Å². The average Bonchev–Trinajstić information content (AvgIpc) is 3.29. The zero-order valence-corrected chi connectivity index (χ0v) is 15.8. The Hall–Kier alpha value is -2.74. The lowest BCUT2D eigenvalue weighted by Gasteiger charge is -2.27. The van der Waals surface area contributed by atoms with Gasteiger partial charge in [0.25, 0.3) is 0 Å². The van der Waals surface area contributed by atoms with Gasteiger partial charge in [0.1, 0.15) is 0 Å². The Morgan fingerprint density at radius 2 is 2.11 bits per heavy atom. The first kappa shape index (κ1) is 19.0. The number of hydrogen-bond donors (Lipinski definition) is 1. The largest absolute Gasteiger partial charge is 0.465 e. The standard InChI is InChI=1S/C19H24N4O4/c1-12(2)23(10-15-8-9-16(24)20-15)11-17-21-18(22-27-17)13-4-6-14(7-5-13)19(25)26-3/h4-7,12,15H,8-11H2,1-3H3,(H,20,24). The predicted molar refractivity (Wildman–Crippen MR) is 97.8 cm³/mol. The molecule has 1 aromatic carbocycles. The zero-order chi connectivity index (χ0) is 19.4. The van der Waals surface area contributed by atoms with Crippen molar-refractivity contribution in [1.29, 1.82) is 0 Å². The van der Waals surface area contributed by atoms with E-state index in [1.807, 2.05) is 0 Å². The van der Waals surface area contributed by atoms with Gasteiger partial charge in [-0.05, 0) is 32.4 Å². The van der Waals surface area contributed by atoms with Gasteiger partial charge in [0.05, 0.1) is 19.2 Å². The number of nitrogens with one attached hydrogen (secondary N) is 1. The van der Waals surface area contributed by atoms with Gasteiger partial charge in [-0.15, -0.1) is 0 Å². The molecule has 27 heavy (non-hydrogen) atoms. The van der Waals surface area contributed by atoms with Crippen molar-refractivity contribution in [2.24, 2.45) is 0 Å². The predicted octanol–water partition coefficient (Wildman–Crippen LogP) is 2.01. The topological polar surface area (TPSA) is 97.6 Å². The Kier molecular flexibility index (Phi) is 5.85. The van der Waals surface area contributed by atoms with Gasteiger partial charge in [0.2, 0.25) is 17.6 Å². The third kappa shape index (κ3) is 4.71. The molecule has 1 unspecified atom stereocenters. The maximum Gasteiger partial charge on any atom is 0.337 e. The van der Waals surface area contributed by atoms with Gasteiger partial charge in [0, 0.05) is 30.6 Å². The maximum atomic E-state index is 11.5. The molecule has 1 aliphatic heterocycles.